The van der Waals surface area contributed by atoms with E-state index in [9.17, 15) is 13.2 Å². The Morgan fingerprint density at radius 3 is 2.53 bits per heavy atom. The number of primary amides is 1. The highest BCUT2D eigenvalue weighted by molar-refractivity contribution is 7.91. The Hall–Kier alpha value is -0.620. The molecule has 0 spiro atoms. The first-order valence-corrected chi connectivity index (χ1v) is 6.95. The van der Waals surface area contributed by atoms with Gasteiger partial charge in [0.1, 0.15) is 0 Å². The monoisotopic (exact) mass is 234 g/mol. The number of sulfone groups is 1. The minimum atomic E-state index is -2.90. The third kappa shape index (κ3) is 2.92. The van der Waals surface area contributed by atoms with Crippen LogP contribution in [0.5, 0.6) is 0 Å². The zero-order valence-electron chi connectivity index (χ0n) is 9.14. The number of carbonyl (C=O) groups excluding carboxylic acids is 1. The van der Waals surface area contributed by atoms with Gasteiger partial charge < -0.3 is 5.73 Å². The van der Waals surface area contributed by atoms with Crippen LogP contribution in [0.25, 0.3) is 0 Å². The van der Waals surface area contributed by atoms with Crippen molar-refractivity contribution in [3.05, 3.63) is 0 Å². The fraction of sp³-hybridized carbons (Fsp3) is 0.889. The Balaban J connectivity index is 2.73. The Morgan fingerprint density at radius 2 is 2.20 bits per heavy atom. The van der Waals surface area contributed by atoms with Crippen LogP contribution in [0, 0.1) is 0 Å². The summed E-state index contributed by atoms with van der Waals surface area (Å²) >= 11 is 0. The smallest absolute Gasteiger partial charge is 0.234 e. The van der Waals surface area contributed by atoms with E-state index in [1.807, 2.05) is 11.8 Å². The van der Waals surface area contributed by atoms with Crippen LogP contribution >= 0.6 is 0 Å². The molecule has 1 amide bonds. The Kier molecular flexibility index (Phi) is 3.72. The molecule has 6 heteroatoms. The molecule has 0 bridgehead atoms. The number of carbonyl (C=O) groups is 1. The second-order valence-electron chi connectivity index (χ2n) is 3.97. The van der Waals surface area contributed by atoms with Gasteiger partial charge in [-0.1, -0.05) is 6.92 Å². The molecule has 1 aliphatic heterocycles. The summed E-state index contributed by atoms with van der Waals surface area (Å²) in [5.74, 6) is -0.0286. The molecular weight excluding hydrogens is 216 g/mol. The van der Waals surface area contributed by atoms with Crippen molar-refractivity contribution in [3.8, 4) is 0 Å². The minimum Gasteiger partial charge on any atom is -0.368 e. The molecule has 2 N–H and O–H groups in total. The van der Waals surface area contributed by atoms with Crippen molar-refractivity contribution < 1.29 is 13.2 Å². The normalized spacial score (nSPS) is 26.7. The molecule has 1 fully saturated rings. The number of amides is 1. The number of nitrogens with zero attached hydrogens (tertiary/aromatic N) is 1. The van der Waals surface area contributed by atoms with E-state index in [2.05, 4.69) is 0 Å². The molecule has 2 unspecified atom stereocenters. The maximum atomic E-state index is 11.3. The summed E-state index contributed by atoms with van der Waals surface area (Å²) in [5.41, 5.74) is 5.22. The summed E-state index contributed by atoms with van der Waals surface area (Å²) in [6, 6.07) is -0.448. The first-order chi connectivity index (χ1) is 6.87. The largest absolute Gasteiger partial charge is 0.368 e. The molecule has 0 aromatic heterocycles. The minimum absolute atomic E-state index is 0.0532. The molecule has 0 aliphatic carbocycles. The van der Waals surface area contributed by atoms with Gasteiger partial charge in [-0.2, -0.15) is 0 Å². The highest BCUT2D eigenvalue weighted by Crippen LogP contribution is 2.19. The standard InChI is InChI=1S/C9H18N2O3S/c1-3-11(7(2)9(10)12)8-4-5-15(13,14)6-8/h7-8H,3-6H2,1-2H3,(H2,10,12). The van der Waals surface area contributed by atoms with Crippen molar-refractivity contribution in [2.24, 2.45) is 5.73 Å². The van der Waals surface area contributed by atoms with Gasteiger partial charge in [-0.15, -0.1) is 0 Å². The summed E-state index contributed by atoms with van der Waals surface area (Å²) in [4.78, 5) is 12.9. The van der Waals surface area contributed by atoms with Gasteiger partial charge in [0, 0.05) is 6.04 Å². The lowest BCUT2D eigenvalue weighted by molar-refractivity contribution is -0.123. The SMILES string of the molecule is CCN(C1CCS(=O)(=O)C1)C(C)C(N)=O. The predicted molar refractivity (Wildman–Crippen MR) is 58.1 cm³/mol. The predicted octanol–water partition coefficient (Wildman–Crippen LogP) is -0.631. The molecule has 15 heavy (non-hydrogen) atoms. The van der Waals surface area contributed by atoms with E-state index in [1.165, 1.54) is 0 Å². The fourth-order valence-corrected chi connectivity index (χ4v) is 3.79. The molecule has 0 radical (unpaired) electrons. The molecule has 1 saturated heterocycles. The zero-order chi connectivity index (χ0) is 11.6. The van der Waals surface area contributed by atoms with Crippen molar-refractivity contribution in [2.45, 2.75) is 32.4 Å². The molecule has 0 aromatic carbocycles. The summed E-state index contributed by atoms with van der Waals surface area (Å²) in [6.07, 6.45) is 0.605. The summed E-state index contributed by atoms with van der Waals surface area (Å²) in [5, 5.41) is 0. The maximum absolute atomic E-state index is 11.3. The topological polar surface area (TPSA) is 80.5 Å². The van der Waals surface area contributed by atoms with E-state index in [4.69, 9.17) is 5.73 Å². The summed E-state index contributed by atoms with van der Waals surface area (Å²) in [6.45, 7) is 4.27. The van der Waals surface area contributed by atoms with Crippen LogP contribution in [0.3, 0.4) is 0 Å². The van der Waals surface area contributed by atoms with Crippen LogP contribution in [0.15, 0.2) is 0 Å². The van der Waals surface area contributed by atoms with Gasteiger partial charge in [-0.25, -0.2) is 8.42 Å². The van der Waals surface area contributed by atoms with Crippen molar-refractivity contribution in [1.29, 1.82) is 0 Å². The first kappa shape index (κ1) is 12.4. The van der Waals surface area contributed by atoms with E-state index < -0.39 is 21.8 Å². The number of hydrogen-bond acceptors (Lipinski definition) is 4. The zero-order valence-corrected chi connectivity index (χ0v) is 9.96. The van der Waals surface area contributed by atoms with Crippen LogP contribution in [0.1, 0.15) is 20.3 Å². The highest BCUT2D eigenvalue weighted by atomic mass is 32.2. The molecule has 0 saturated carbocycles. The first-order valence-electron chi connectivity index (χ1n) is 5.13. The molecule has 0 aromatic rings. The Labute approximate surface area is 90.5 Å². The number of likely N-dealkylation sites (N-methyl/N-ethyl adjacent to an activating group) is 1. The number of hydrogen-bond donors (Lipinski definition) is 1. The van der Waals surface area contributed by atoms with Gasteiger partial charge in [0.15, 0.2) is 9.84 Å². The third-order valence-corrected chi connectivity index (χ3v) is 4.70. The lowest BCUT2D eigenvalue weighted by Gasteiger charge is -2.30. The van der Waals surface area contributed by atoms with Gasteiger partial charge in [0.05, 0.1) is 17.5 Å². The second kappa shape index (κ2) is 4.49. The van der Waals surface area contributed by atoms with E-state index in [1.54, 1.807) is 6.92 Å². The van der Waals surface area contributed by atoms with E-state index in [0.29, 0.717) is 13.0 Å². The van der Waals surface area contributed by atoms with Gasteiger partial charge in [-0.3, -0.25) is 9.69 Å². The second-order valence-corrected chi connectivity index (χ2v) is 6.19. The van der Waals surface area contributed by atoms with Crippen LogP contribution in [0.2, 0.25) is 0 Å². The third-order valence-electron chi connectivity index (χ3n) is 2.95. The summed E-state index contributed by atoms with van der Waals surface area (Å²) < 4.78 is 22.6. The van der Waals surface area contributed by atoms with Gasteiger partial charge in [0.25, 0.3) is 0 Å². The molecule has 5 nitrogen and oxygen atoms in total. The lowest BCUT2D eigenvalue weighted by atomic mass is 10.1. The van der Waals surface area contributed by atoms with E-state index >= 15 is 0 Å². The van der Waals surface area contributed by atoms with Crippen LogP contribution in [-0.4, -0.2) is 49.4 Å². The number of rotatable bonds is 4. The van der Waals surface area contributed by atoms with Crippen LogP contribution in [-0.2, 0) is 14.6 Å². The maximum Gasteiger partial charge on any atom is 0.234 e. The molecule has 1 rings (SSSR count). The Bertz CT molecular complexity index is 339. The average molecular weight is 234 g/mol. The van der Waals surface area contributed by atoms with Crippen molar-refractivity contribution in [1.82, 2.24) is 4.90 Å². The van der Waals surface area contributed by atoms with Crippen LogP contribution in [0.4, 0.5) is 0 Å². The van der Waals surface area contributed by atoms with Crippen LogP contribution < -0.4 is 5.73 Å². The molecule has 1 heterocycles. The molecule has 2 atom stereocenters. The van der Waals surface area contributed by atoms with Gasteiger partial charge in [-0.05, 0) is 19.9 Å². The van der Waals surface area contributed by atoms with Gasteiger partial charge >= 0.3 is 0 Å². The fourth-order valence-electron chi connectivity index (χ4n) is 2.05. The summed E-state index contributed by atoms with van der Waals surface area (Å²) in [7, 11) is -2.90. The molecule has 88 valence electrons. The van der Waals surface area contributed by atoms with Crippen molar-refractivity contribution in [3.63, 3.8) is 0 Å². The highest BCUT2D eigenvalue weighted by Gasteiger charge is 2.34. The van der Waals surface area contributed by atoms with Crippen molar-refractivity contribution >= 4 is 15.7 Å². The van der Waals surface area contributed by atoms with Gasteiger partial charge in [0.2, 0.25) is 5.91 Å². The lowest BCUT2D eigenvalue weighted by Crippen LogP contribution is -2.48. The van der Waals surface area contributed by atoms with Crippen molar-refractivity contribution in [2.75, 3.05) is 18.1 Å². The van der Waals surface area contributed by atoms with E-state index in [0.717, 1.165) is 0 Å². The quantitative estimate of drug-likeness (QED) is 0.702. The van der Waals surface area contributed by atoms with E-state index in [-0.39, 0.29) is 17.5 Å². The molecular formula is C9H18N2O3S. The average Bonchev–Trinajstić information content (AvgIpc) is 2.47. The Morgan fingerprint density at radius 1 is 1.60 bits per heavy atom. The molecule has 1 aliphatic rings. The number of nitrogens with two attached hydrogens (primary N) is 1.